The number of benzene rings is 1. The van der Waals surface area contributed by atoms with E-state index in [0.717, 1.165) is 37.0 Å². The minimum absolute atomic E-state index is 0.716. The Hall–Kier alpha value is -3.11. The van der Waals surface area contributed by atoms with Crippen LogP contribution >= 0.6 is 0 Å². The molecule has 25 heavy (non-hydrogen) atoms. The smallest absolute Gasteiger partial charge is 0.414 e. The Morgan fingerprint density at radius 1 is 1.28 bits per heavy atom. The number of aromatic nitrogens is 1. The van der Waals surface area contributed by atoms with E-state index in [1.807, 2.05) is 18.2 Å². The van der Waals surface area contributed by atoms with Crippen molar-refractivity contribution in [1.29, 1.82) is 5.26 Å². The van der Waals surface area contributed by atoms with E-state index in [-0.39, 0.29) is 0 Å². The van der Waals surface area contributed by atoms with Crippen molar-refractivity contribution in [3.8, 4) is 6.07 Å². The van der Waals surface area contributed by atoms with Gasteiger partial charge in [0, 0.05) is 29.7 Å². The van der Waals surface area contributed by atoms with Crippen molar-refractivity contribution in [1.82, 2.24) is 9.88 Å². The highest BCUT2D eigenvalue weighted by Crippen LogP contribution is 2.26. The summed E-state index contributed by atoms with van der Waals surface area (Å²) < 4.78 is 0. The van der Waals surface area contributed by atoms with Crippen LogP contribution in [0.3, 0.4) is 0 Å². The number of aromatic amines is 1. The number of carbonyl (C=O) groups is 2. The van der Waals surface area contributed by atoms with Crippen LogP contribution in [-0.4, -0.2) is 51.7 Å². The number of nitrogens with one attached hydrogen (secondary N) is 1. The second kappa shape index (κ2) is 8.13. The molecule has 7 heteroatoms. The van der Waals surface area contributed by atoms with E-state index < -0.39 is 11.9 Å². The molecular weight excluding hydrogens is 322 g/mol. The monoisotopic (exact) mass is 341 g/mol. The van der Waals surface area contributed by atoms with Gasteiger partial charge in [-0.25, -0.2) is 9.59 Å². The zero-order chi connectivity index (χ0) is 18.4. The molecule has 7 nitrogen and oxygen atoms in total. The van der Waals surface area contributed by atoms with Gasteiger partial charge in [0.15, 0.2) is 0 Å². The van der Waals surface area contributed by atoms with Gasteiger partial charge in [0.2, 0.25) is 0 Å². The summed E-state index contributed by atoms with van der Waals surface area (Å²) in [6.07, 6.45) is 3.40. The number of nitrogens with zero attached hydrogens (tertiary/aromatic N) is 2. The first-order valence-corrected chi connectivity index (χ1v) is 7.85. The SMILES string of the molecule is CCN1CC=C(c2cc3cc(C#N)ccc3[nH]2)CC1.O=C(O)C(=O)O. The molecule has 0 saturated heterocycles. The molecule has 130 valence electrons. The lowest BCUT2D eigenvalue weighted by molar-refractivity contribution is -0.159. The van der Waals surface area contributed by atoms with Crippen LogP contribution in [0.25, 0.3) is 16.5 Å². The van der Waals surface area contributed by atoms with Crippen molar-refractivity contribution in [3.63, 3.8) is 0 Å². The molecule has 1 aliphatic heterocycles. The third-order valence-electron chi connectivity index (χ3n) is 4.02. The average molecular weight is 341 g/mol. The molecule has 0 amide bonds. The highest BCUT2D eigenvalue weighted by molar-refractivity contribution is 6.27. The number of rotatable bonds is 2. The zero-order valence-corrected chi connectivity index (χ0v) is 13.8. The lowest BCUT2D eigenvalue weighted by atomic mass is 10.0. The van der Waals surface area contributed by atoms with Crippen LogP contribution in [0.2, 0.25) is 0 Å². The summed E-state index contributed by atoms with van der Waals surface area (Å²) in [5, 5.41) is 24.8. The van der Waals surface area contributed by atoms with Crippen LogP contribution < -0.4 is 0 Å². The predicted molar refractivity (Wildman–Crippen MR) is 93.0 cm³/mol. The lowest BCUT2D eigenvalue weighted by Crippen LogP contribution is -2.28. The van der Waals surface area contributed by atoms with Gasteiger partial charge in [-0.1, -0.05) is 13.0 Å². The Bertz CT molecular complexity index is 849. The number of aliphatic carboxylic acids is 2. The molecule has 2 aromatic rings. The van der Waals surface area contributed by atoms with Gasteiger partial charge in [0.1, 0.15) is 0 Å². The Morgan fingerprint density at radius 3 is 2.52 bits per heavy atom. The maximum Gasteiger partial charge on any atom is 0.414 e. The maximum absolute atomic E-state index is 9.10. The number of likely N-dealkylation sites (N-methyl/N-ethyl adjacent to an activating group) is 1. The van der Waals surface area contributed by atoms with E-state index in [2.05, 4.69) is 35.0 Å². The molecule has 0 aliphatic carbocycles. The lowest BCUT2D eigenvalue weighted by Gasteiger charge is -2.24. The van der Waals surface area contributed by atoms with E-state index in [4.69, 9.17) is 25.1 Å². The average Bonchev–Trinajstić information content (AvgIpc) is 3.05. The maximum atomic E-state index is 9.10. The highest BCUT2D eigenvalue weighted by Gasteiger charge is 2.13. The number of H-pyrrole nitrogens is 1. The number of fused-ring (bicyclic) bond motifs is 1. The number of hydrogen-bond acceptors (Lipinski definition) is 4. The van der Waals surface area contributed by atoms with Crippen molar-refractivity contribution in [2.24, 2.45) is 0 Å². The van der Waals surface area contributed by atoms with Crippen molar-refractivity contribution >= 4 is 28.4 Å². The molecule has 1 aromatic heterocycles. The number of nitriles is 1. The van der Waals surface area contributed by atoms with Crippen LogP contribution in [-0.2, 0) is 9.59 Å². The van der Waals surface area contributed by atoms with E-state index >= 15 is 0 Å². The fourth-order valence-electron chi connectivity index (χ4n) is 2.62. The van der Waals surface area contributed by atoms with E-state index in [1.54, 1.807) is 0 Å². The number of carboxylic acids is 2. The summed E-state index contributed by atoms with van der Waals surface area (Å²) >= 11 is 0. The van der Waals surface area contributed by atoms with Crippen LogP contribution in [0.5, 0.6) is 0 Å². The summed E-state index contributed by atoms with van der Waals surface area (Å²) in [5.74, 6) is -3.65. The van der Waals surface area contributed by atoms with E-state index in [1.165, 1.54) is 11.3 Å². The normalized spacial score (nSPS) is 14.2. The Kier molecular flexibility index (Phi) is 5.93. The fraction of sp³-hybridized carbons (Fsp3) is 0.278. The second-order valence-corrected chi connectivity index (χ2v) is 5.58. The van der Waals surface area contributed by atoms with Gasteiger partial charge < -0.3 is 15.2 Å². The first kappa shape index (κ1) is 18.2. The molecule has 3 rings (SSSR count). The second-order valence-electron chi connectivity index (χ2n) is 5.58. The minimum Gasteiger partial charge on any atom is -0.473 e. The van der Waals surface area contributed by atoms with Crippen molar-refractivity contribution in [2.45, 2.75) is 13.3 Å². The Balaban J connectivity index is 0.000000326. The quantitative estimate of drug-likeness (QED) is 0.722. The molecule has 1 aliphatic rings. The largest absolute Gasteiger partial charge is 0.473 e. The van der Waals surface area contributed by atoms with Crippen LogP contribution in [0.15, 0.2) is 30.3 Å². The minimum atomic E-state index is -1.82. The number of carboxylic acid groups (broad SMARTS) is 2. The Labute approximate surface area is 144 Å². The van der Waals surface area contributed by atoms with Crippen molar-refractivity contribution in [3.05, 3.63) is 41.6 Å². The summed E-state index contributed by atoms with van der Waals surface area (Å²) in [6.45, 7) is 5.47. The molecule has 0 bridgehead atoms. The molecule has 3 N–H and O–H groups in total. The van der Waals surface area contributed by atoms with Crippen LogP contribution in [0.4, 0.5) is 0 Å². The molecule has 0 spiro atoms. The molecule has 0 radical (unpaired) electrons. The highest BCUT2D eigenvalue weighted by atomic mass is 16.4. The fourth-order valence-corrected chi connectivity index (χ4v) is 2.62. The topological polar surface area (TPSA) is 117 Å². The number of hydrogen-bond donors (Lipinski definition) is 3. The first-order valence-electron chi connectivity index (χ1n) is 7.85. The third-order valence-corrected chi connectivity index (χ3v) is 4.02. The summed E-state index contributed by atoms with van der Waals surface area (Å²) in [5.41, 5.74) is 4.40. The van der Waals surface area contributed by atoms with Gasteiger partial charge in [-0.15, -0.1) is 0 Å². The molecule has 0 unspecified atom stereocenters. The molecule has 0 atom stereocenters. The summed E-state index contributed by atoms with van der Waals surface area (Å²) in [6, 6.07) is 10.1. The van der Waals surface area contributed by atoms with Gasteiger partial charge >= 0.3 is 11.9 Å². The molecule has 2 heterocycles. The Morgan fingerprint density at radius 2 is 2.00 bits per heavy atom. The molecule has 0 saturated carbocycles. The molecule has 1 aromatic carbocycles. The van der Waals surface area contributed by atoms with Crippen LogP contribution in [0.1, 0.15) is 24.6 Å². The standard InChI is InChI=1S/C16H17N3.C2H2O4/c1-2-19-7-5-13(6-8-19)16-10-14-9-12(11-17)3-4-15(14)18-16;3-1(4)2(5)6/h3-5,9-10,18H,2,6-8H2,1H3;(H,3,4)(H,5,6). The molecular formula is C18H19N3O4. The van der Waals surface area contributed by atoms with Crippen molar-refractivity contribution in [2.75, 3.05) is 19.6 Å². The first-order chi connectivity index (χ1) is 11.9. The van der Waals surface area contributed by atoms with Crippen LogP contribution in [0, 0.1) is 11.3 Å². The van der Waals surface area contributed by atoms with E-state index in [9.17, 15) is 0 Å². The van der Waals surface area contributed by atoms with Gasteiger partial charge in [-0.2, -0.15) is 5.26 Å². The third kappa shape index (κ3) is 4.68. The summed E-state index contributed by atoms with van der Waals surface area (Å²) in [4.78, 5) is 24.1. The predicted octanol–water partition coefficient (Wildman–Crippen LogP) is 2.30. The van der Waals surface area contributed by atoms with Gasteiger partial charge in [-0.3, -0.25) is 4.90 Å². The van der Waals surface area contributed by atoms with Gasteiger partial charge in [0.25, 0.3) is 0 Å². The van der Waals surface area contributed by atoms with Gasteiger partial charge in [0.05, 0.1) is 11.6 Å². The van der Waals surface area contributed by atoms with E-state index in [0.29, 0.717) is 5.56 Å². The van der Waals surface area contributed by atoms with Gasteiger partial charge in [-0.05, 0) is 42.8 Å². The molecule has 0 fully saturated rings. The summed E-state index contributed by atoms with van der Waals surface area (Å²) in [7, 11) is 0. The zero-order valence-electron chi connectivity index (χ0n) is 13.8. The van der Waals surface area contributed by atoms with Crippen molar-refractivity contribution < 1.29 is 19.8 Å².